The number of sulfonamides is 1. The highest BCUT2D eigenvalue weighted by molar-refractivity contribution is 7.89. The number of carbonyl (C=O) groups excluding carboxylic acids is 2. The van der Waals surface area contributed by atoms with Crippen molar-refractivity contribution in [3.05, 3.63) is 60.2 Å². The largest absolute Gasteiger partial charge is 0.484 e. The number of nitrogens with one attached hydrogen (secondary N) is 1. The second-order valence-electron chi connectivity index (χ2n) is 9.43. The maximum atomic E-state index is 13.2. The summed E-state index contributed by atoms with van der Waals surface area (Å²) in [5, 5.41) is 2.91. The number of carbonyl (C=O) groups is 2. The van der Waals surface area contributed by atoms with Gasteiger partial charge in [-0.25, -0.2) is 8.42 Å². The summed E-state index contributed by atoms with van der Waals surface area (Å²) in [6, 6.07) is 14.8. The zero-order valence-corrected chi connectivity index (χ0v) is 22.6. The molecular weight excluding hydrogens is 494 g/mol. The fourth-order valence-electron chi connectivity index (χ4n) is 3.87. The van der Waals surface area contributed by atoms with Crippen LogP contribution in [0.3, 0.4) is 0 Å². The van der Waals surface area contributed by atoms with E-state index in [9.17, 15) is 18.0 Å². The van der Waals surface area contributed by atoms with E-state index in [2.05, 4.69) is 19.2 Å². The van der Waals surface area contributed by atoms with Gasteiger partial charge in [-0.15, -0.1) is 0 Å². The highest BCUT2D eigenvalue weighted by Gasteiger charge is 2.28. The standard InChI is InChI=1S/C27H37N3O6S/c1-21(2)13-14-28-27(32)22(3)30(19-23-7-5-4-6-8-23)26(31)20-36-24-9-11-25(12-10-24)37(33,34)29-15-17-35-18-16-29/h4-12,21-22H,13-20H2,1-3H3,(H,28,32)/t22-/m1/s1. The van der Waals surface area contributed by atoms with E-state index in [1.165, 1.54) is 33.5 Å². The first-order chi connectivity index (χ1) is 17.7. The van der Waals surface area contributed by atoms with Crippen LogP contribution >= 0.6 is 0 Å². The topological polar surface area (TPSA) is 105 Å². The Kier molecular flexibility index (Phi) is 10.5. The second-order valence-corrected chi connectivity index (χ2v) is 11.4. The molecule has 1 fully saturated rings. The van der Waals surface area contributed by atoms with Gasteiger partial charge < -0.3 is 19.7 Å². The summed E-state index contributed by atoms with van der Waals surface area (Å²) in [7, 11) is -3.61. The Bertz CT molecular complexity index is 1120. The summed E-state index contributed by atoms with van der Waals surface area (Å²) in [6.07, 6.45) is 0.853. The van der Waals surface area contributed by atoms with Crippen LogP contribution in [0.1, 0.15) is 32.8 Å². The number of ether oxygens (including phenoxy) is 2. The normalized spacial score (nSPS) is 15.2. The van der Waals surface area contributed by atoms with Gasteiger partial charge in [-0.3, -0.25) is 9.59 Å². The lowest BCUT2D eigenvalue weighted by atomic mass is 10.1. The molecule has 0 aromatic heterocycles. The molecule has 1 saturated heterocycles. The van der Waals surface area contributed by atoms with Crippen molar-refractivity contribution in [3.8, 4) is 5.75 Å². The first-order valence-electron chi connectivity index (χ1n) is 12.6. The van der Waals surface area contributed by atoms with Crippen LogP contribution in [0.2, 0.25) is 0 Å². The third kappa shape index (κ3) is 8.28. The van der Waals surface area contributed by atoms with Gasteiger partial charge in [0, 0.05) is 26.2 Å². The molecule has 2 aromatic carbocycles. The summed E-state index contributed by atoms with van der Waals surface area (Å²) in [4.78, 5) is 27.6. The predicted octanol–water partition coefficient (Wildman–Crippen LogP) is 2.67. The van der Waals surface area contributed by atoms with E-state index in [-0.39, 0.29) is 29.9 Å². The minimum absolute atomic E-state index is 0.158. The molecule has 10 heteroatoms. The SMILES string of the molecule is CC(C)CCNC(=O)[C@@H](C)N(Cc1ccccc1)C(=O)COc1ccc(S(=O)(=O)N2CCOCC2)cc1. The van der Waals surface area contributed by atoms with Crippen LogP contribution in [0, 0.1) is 5.92 Å². The van der Waals surface area contributed by atoms with Gasteiger partial charge in [-0.05, 0) is 49.1 Å². The zero-order chi connectivity index (χ0) is 26.8. The van der Waals surface area contributed by atoms with Gasteiger partial charge in [0.1, 0.15) is 11.8 Å². The Balaban J connectivity index is 1.65. The number of benzene rings is 2. The lowest BCUT2D eigenvalue weighted by Crippen LogP contribution is -2.49. The monoisotopic (exact) mass is 531 g/mol. The number of nitrogens with zero attached hydrogens (tertiary/aromatic N) is 2. The first-order valence-corrected chi connectivity index (χ1v) is 14.0. The van der Waals surface area contributed by atoms with Crippen molar-refractivity contribution in [2.75, 3.05) is 39.5 Å². The highest BCUT2D eigenvalue weighted by atomic mass is 32.2. The molecule has 2 aromatic rings. The minimum atomic E-state index is -3.61. The molecule has 0 spiro atoms. The second kappa shape index (κ2) is 13.6. The van der Waals surface area contributed by atoms with E-state index in [1.54, 1.807) is 6.92 Å². The smallest absolute Gasteiger partial charge is 0.261 e. The quantitative estimate of drug-likeness (QED) is 0.452. The molecule has 1 heterocycles. The Morgan fingerprint density at radius 2 is 1.68 bits per heavy atom. The maximum Gasteiger partial charge on any atom is 0.261 e. The molecule has 3 rings (SSSR count). The van der Waals surface area contributed by atoms with Crippen molar-refractivity contribution < 1.29 is 27.5 Å². The number of amides is 2. The molecule has 0 saturated carbocycles. The first kappa shape index (κ1) is 28.6. The molecule has 1 atom stereocenters. The van der Waals surface area contributed by atoms with E-state index >= 15 is 0 Å². The number of hydrogen-bond acceptors (Lipinski definition) is 6. The molecule has 2 amide bonds. The van der Waals surface area contributed by atoms with Gasteiger partial charge in [-0.2, -0.15) is 4.31 Å². The average molecular weight is 532 g/mol. The van der Waals surface area contributed by atoms with Crippen molar-refractivity contribution in [1.82, 2.24) is 14.5 Å². The molecule has 0 unspecified atom stereocenters. The number of rotatable bonds is 12. The Hall–Kier alpha value is -2.95. The molecule has 0 aliphatic carbocycles. The molecule has 1 aliphatic rings. The van der Waals surface area contributed by atoms with Crippen LogP contribution in [0.4, 0.5) is 0 Å². The average Bonchev–Trinajstić information content (AvgIpc) is 2.91. The molecule has 202 valence electrons. The van der Waals surface area contributed by atoms with E-state index in [4.69, 9.17) is 9.47 Å². The van der Waals surface area contributed by atoms with Gasteiger partial charge >= 0.3 is 0 Å². The third-order valence-corrected chi connectivity index (χ3v) is 8.09. The predicted molar refractivity (Wildman–Crippen MR) is 140 cm³/mol. The molecule has 37 heavy (non-hydrogen) atoms. The molecule has 9 nitrogen and oxygen atoms in total. The van der Waals surface area contributed by atoms with Crippen molar-refractivity contribution in [2.24, 2.45) is 5.92 Å². The van der Waals surface area contributed by atoms with Crippen LogP contribution in [0.15, 0.2) is 59.5 Å². The Labute approximate surface area is 219 Å². The summed E-state index contributed by atoms with van der Waals surface area (Å²) in [6.45, 7) is 7.77. The summed E-state index contributed by atoms with van der Waals surface area (Å²) in [5.74, 6) is 0.257. The van der Waals surface area contributed by atoms with Crippen molar-refractivity contribution in [3.63, 3.8) is 0 Å². The van der Waals surface area contributed by atoms with Gasteiger partial charge in [0.05, 0.1) is 18.1 Å². The fourth-order valence-corrected chi connectivity index (χ4v) is 5.27. The molecule has 0 radical (unpaired) electrons. The molecular formula is C27H37N3O6S. The third-order valence-electron chi connectivity index (χ3n) is 6.18. The minimum Gasteiger partial charge on any atom is -0.484 e. The maximum absolute atomic E-state index is 13.2. The summed E-state index contributed by atoms with van der Waals surface area (Å²) in [5.41, 5.74) is 0.898. The van der Waals surface area contributed by atoms with E-state index in [0.717, 1.165) is 12.0 Å². The van der Waals surface area contributed by atoms with E-state index < -0.39 is 16.1 Å². The van der Waals surface area contributed by atoms with Gasteiger partial charge in [0.25, 0.3) is 5.91 Å². The summed E-state index contributed by atoms with van der Waals surface area (Å²) < 4.78 is 37.9. The lowest BCUT2D eigenvalue weighted by molar-refractivity contribution is -0.142. The van der Waals surface area contributed by atoms with Crippen molar-refractivity contribution >= 4 is 21.8 Å². The van der Waals surface area contributed by atoms with E-state index in [1.807, 2.05) is 30.3 Å². The molecule has 1 aliphatic heterocycles. The lowest BCUT2D eigenvalue weighted by Gasteiger charge is -2.29. The number of hydrogen-bond donors (Lipinski definition) is 1. The van der Waals surface area contributed by atoms with Crippen LogP contribution < -0.4 is 10.1 Å². The van der Waals surface area contributed by atoms with Crippen LogP contribution in [-0.2, 0) is 30.9 Å². The fraction of sp³-hybridized carbons (Fsp3) is 0.481. The van der Waals surface area contributed by atoms with Crippen LogP contribution in [-0.4, -0.2) is 74.9 Å². The van der Waals surface area contributed by atoms with Crippen molar-refractivity contribution in [2.45, 2.75) is 44.7 Å². The Morgan fingerprint density at radius 3 is 2.30 bits per heavy atom. The highest BCUT2D eigenvalue weighted by Crippen LogP contribution is 2.21. The van der Waals surface area contributed by atoms with Gasteiger partial charge in [0.15, 0.2) is 6.61 Å². The van der Waals surface area contributed by atoms with Crippen LogP contribution in [0.5, 0.6) is 5.75 Å². The van der Waals surface area contributed by atoms with E-state index in [0.29, 0.717) is 44.5 Å². The molecule has 1 N–H and O–H groups in total. The van der Waals surface area contributed by atoms with Crippen molar-refractivity contribution in [1.29, 1.82) is 0 Å². The Morgan fingerprint density at radius 1 is 1.03 bits per heavy atom. The zero-order valence-electron chi connectivity index (χ0n) is 21.8. The summed E-state index contributed by atoms with van der Waals surface area (Å²) >= 11 is 0. The van der Waals surface area contributed by atoms with Gasteiger partial charge in [-0.1, -0.05) is 44.2 Å². The number of morpholine rings is 1. The van der Waals surface area contributed by atoms with Crippen LogP contribution in [0.25, 0.3) is 0 Å². The molecule has 0 bridgehead atoms. The van der Waals surface area contributed by atoms with Gasteiger partial charge in [0.2, 0.25) is 15.9 Å².